The highest BCUT2D eigenvalue weighted by atomic mass is 16.2. The van der Waals surface area contributed by atoms with Crippen LogP contribution in [0.2, 0.25) is 0 Å². The van der Waals surface area contributed by atoms with Crippen molar-refractivity contribution >= 4 is 34.2 Å². The number of aryl methyl sites for hydroxylation is 2. The SMILES string of the molecule is Cc1nn(C)c2ncc(C(=O)Nc3cccc(NC(=O)C4CC4)c3)cc12. The number of benzene rings is 1. The van der Waals surface area contributed by atoms with E-state index in [1.807, 2.05) is 20.0 Å². The number of carbonyl (C=O) groups excluding carboxylic acids is 2. The fourth-order valence-corrected chi connectivity index (χ4v) is 2.90. The van der Waals surface area contributed by atoms with Gasteiger partial charge in [0.25, 0.3) is 5.91 Å². The normalized spacial score (nSPS) is 13.6. The summed E-state index contributed by atoms with van der Waals surface area (Å²) in [4.78, 5) is 28.8. The molecule has 2 amide bonds. The summed E-state index contributed by atoms with van der Waals surface area (Å²) in [5, 5.41) is 10.9. The third kappa shape index (κ3) is 3.15. The second-order valence-corrected chi connectivity index (χ2v) is 6.60. The molecule has 4 rings (SSSR count). The first-order chi connectivity index (χ1) is 12.5. The second kappa shape index (κ2) is 6.25. The molecule has 0 bridgehead atoms. The van der Waals surface area contributed by atoms with Gasteiger partial charge in [0.15, 0.2) is 5.65 Å². The van der Waals surface area contributed by atoms with Crippen LogP contribution in [0, 0.1) is 12.8 Å². The smallest absolute Gasteiger partial charge is 0.257 e. The minimum atomic E-state index is -0.256. The van der Waals surface area contributed by atoms with E-state index in [0.717, 1.165) is 29.6 Å². The Hall–Kier alpha value is -3.22. The summed E-state index contributed by atoms with van der Waals surface area (Å²) in [6, 6.07) is 8.93. The van der Waals surface area contributed by atoms with Crippen molar-refractivity contribution in [2.24, 2.45) is 13.0 Å². The Morgan fingerprint density at radius 1 is 1.15 bits per heavy atom. The van der Waals surface area contributed by atoms with E-state index in [2.05, 4.69) is 20.7 Å². The fraction of sp³-hybridized carbons (Fsp3) is 0.263. The quantitative estimate of drug-likeness (QED) is 0.758. The lowest BCUT2D eigenvalue weighted by Crippen LogP contribution is -2.15. The van der Waals surface area contributed by atoms with Gasteiger partial charge < -0.3 is 10.6 Å². The summed E-state index contributed by atoms with van der Waals surface area (Å²) in [6.45, 7) is 1.89. The third-order valence-corrected chi connectivity index (χ3v) is 4.46. The lowest BCUT2D eigenvalue weighted by molar-refractivity contribution is -0.117. The first-order valence-electron chi connectivity index (χ1n) is 8.53. The van der Waals surface area contributed by atoms with Crippen LogP contribution in [-0.2, 0) is 11.8 Å². The molecule has 132 valence electrons. The van der Waals surface area contributed by atoms with Crippen LogP contribution in [0.5, 0.6) is 0 Å². The van der Waals surface area contributed by atoms with Crippen molar-refractivity contribution in [3.05, 3.63) is 47.8 Å². The van der Waals surface area contributed by atoms with Crippen LogP contribution >= 0.6 is 0 Å². The van der Waals surface area contributed by atoms with Crippen LogP contribution in [0.3, 0.4) is 0 Å². The first kappa shape index (κ1) is 16.3. The Bertz CT molecular complexity index is 1020. The Labute approximate surface area is 150 Å². The number of hydrogen-bond acceptors (Lipinski definition) is 4. The van der Waals surface area contributed by atoms with E-state index < -0.39 is 0 Å². The molecule has 1 aliphatic carbocycles. The molecular weight excluding hydrogens is 330 g/mol. The fourth-order valence-electron chi connectivity index (χ4n) is 2.90. The summed E-state index contributed by atoms with van der Waals surface area (Å²) < 4.78 is 1.69. The molecule has 2 aromatic heterocycles. The standard InChI is InChI=1S/C19H19N5O2/c1-11-16-8-13(10-20-17(16)24(2)23-11)19(26)22-15-5-3-4-14(9-15)21-18(25)12-6-7-12/h3-5,8-10,12H,6-7H2,1-2H3,(H,21,25)(H,22,26). The molecule has 26 heavy (non-hydrogen) atoms. The van der Waals surface area contributed by atoms with E-state index in [1.54, 1.807) is 28.9 Å². The van der Waals surface area contributed by atoms with E-state index >= 15 is 0 Å². The molecule has 7 heteroatoms. The highest BCUT2D eigenvalue weighted by Gasteiger charge is 2.29. The van der Waals surface area contributed by atoms with Crippen LogP contribution < -0.4 is 10.6 Å². The molecule has 2 heterocycles. The Morgan fingerprint density at radius 2 is 1.88 bits per heavy atom. The number of nitrogens with one attached hydrogen (secondary N) is 2. The summed E-state index contributed by atoms with van der Waals surface area (Å²) in [5.41, 5.74) is 3.32. The maximum Gasteiger partial charge on any atom is 0.257 e. The molecule has 0 radical (unpaired) electrons. The van der Waals surface area contributed by atoms with Gasteiger partial charge in [0.1, 0.15) is 0 Å². The summed E-state index contributed by atoms with van der Waals surface area (Å²) >= 11 is 0. The maximum absolute atomic E-state index is 12.6. The number of carbonyl (C=O) groups is 2. The van der Waals surface area contributed by atoms with Crippen LogP contribution in [-0.4, -0.2) is 26.6 Å². The Balaban J connectivity index is 1.52. The maximum atomic E-state index is 12.6. The topological polar surface area (TPSA) is 88.9 Å². The van der Waals surface area contributed by atoms with Gasteiger partial charge in [-0.25, -0.2) is 4.98 Å². The van der Waals surface area contributed by atoms with E-state index in [0.29, 0.717) is 16.9 Å². The van der Waals surface area contributed by atoms with Crippen molar-refractivity contribution < 1.29 is 9.59 Å². The van der Waals surface area contributed by atoms with Crippen molar-refractivity contribution in [2.45, 2.75) is 19.8 Å². The highest BCUT2D eigenvalue weighted by Crippen LogP contribution is 2.30. The number of aromatic nitrogens is 3. The van der Waals surface area contributed by atoms with E-state index in [9.17, 15) is 9.59 Å². The largest absolute Gasteiger partial charge is 0.326 e. The summed E-state index contributed by atoms with van der Waals surface area (Å²) in [6.07, 6.45) is 3.44. The third-order valence-electron chi connectivity index (χ3n) is 4.46. The predicted octanol–water partition coefficient (Wildman–Crippen LogP) is 2.88. The van der Waals surface area contributed by atoms with Gasteiger partial charge in [0, 0.05) is 35.9 Å². The Morgan fingerprint density at radius 3 is 2.62 bits per heavy atom. The molecule has 1 saturated carbocycles. The zero-order chi connectivity index (χ0) is 18.3. The van der Waals surface area contributed by atoms with Gasteiger partial charge >= 0.3 is 0 Å². The van der Waals surface area contributed by atoms with Crippen LogP contribution in [0.1, 0.15) is 28.9 Å². The molecule has 1 aliphatic rings. The van der Waals surface area contributed by atoms with Crippen LogP contribution in [0.15, 0.2) is 36.5 Å². The van der Waals surface area contributed by atoms with E-state index in [4.69, 9.17) is 0 Å². The summed E-state index contributed by atoms with van der Waals surface area (Å²) in [7, 11) is 1.82. The number of amides is 2. The second-order valence-electron chi connectivity index (χ2n) is 6.60. The van der Waals surface area contributed by atoms with E-state index in [-0.39, 0.29) is 17.7 Å². The van der Waals surface area contributed by atoms with Gasteiger partial charge in [0.2, 0.25) is 5.91 Å². The van der Waals surface area contributed by atoms with Crippen LogP contribution in [0.4, 0.5) is 11.4 Å². The number of fused-ring (bicyclic) bond motifs is 1. The molecule has 7 nitrogen and oxygen atoms in total. The van der Waals surface area contributed by atoms with Gasteiger partial charge in [-0.15, -0.1) is 0 Å². The van der Waals surface area contributed by atoms with E-state index in [1.165, 1.54) is 6.20 Å². The van der Waals surface area contributed by atoms with Gasteiger partial charge in [-0.2, -0.15) is 5.10 Å². The van der Waals surface area contributed by atoms with Crippen molar-refractivity contribution in [3.8, 4) is 0 Å². The molecule has 0 saturated heterocycles. The lowest BCUT2D eigenvalue weighted by atomic mass is 10.2. The van der Waals surface area contributed by atoms with Gasteiger partial charge in [-0.05, 0) is 44.0 Å². The number of anilines is 2. The molecule has 1 fully saturated rings. The summed E-state index contributed by atoms with van der Waals surface area (Å²) in [5.74, 6) is -0.0859. The zero-order valence-corrected chi connectivity index (χ0v) is 14.6. The number of hydrogen-bond donors (Lipinski definition) is 2. The number of pyridine rings is 1. The number of rotatable bonds is 4. The predicted molar refractivity (Wildman–Crippen MR) is 99.0 cm³/mol. The average Bonchev–Trinajstić information content (AvgIpc) is 3.42. The molecule has 0 aliphatic heterocycles. The van der Waals surface area contributed by atoms with Crippen molar-refractivity contribution in [3.63, 3.8) is 0 Å². The first-order valence-corrected chi connectivity index (χ1v) is 8.53. The molecular formula is C19H19N5O2. The minimum absolute atomic E-state index is 0.0372. The van der Waals surface area contributed by atoms with Gasteiger partial charge in [-0.3, -0.25) is 14.3 Å². The average molecular weight is 349 g/mol. The van der Waals surface area contributed by atoms with Gasteiger partial charge in [-0.1, -0.05) is 6.07 Å². The van der Waals surface area contributed by atoms with Gasteiger partial charge in [0.05, 0.1) is 11.3 Å². The lowest BCUT2D eigenvalue weighted by Gasteiger charge is -2.09. The molecule has 3 aromatic rings. The van der Waals surface area contributed by atoms with Crippen molar-refractivity contribution in [1.82, 2.24) is 14.8 Å². The monoisotopic (exact) mass is 349 g/mol. The van der Waals surface area contributed by atoms with Crippen molar-refractivity contribution in [1.29, 1.82) is 0 Å². The molecule has 2 N–H and O–H groups in total. The Kier molecular flexibility index (Phi) is 3.91. The highest BCUT2D eigenvalue weighted by molar-refractivity contribution is 6.06. The number of nitrogens with zero attached hydrogens (tertiary/aromatic N) is 3. The van der Waals surface area contributed by atoms with Crippen molar-refractivity contribution in [2.75, 3.05) is 10.6 Å². The van der Waals surface area contributed by atoms with Crippen LogP contribution in [0.25, 0.3) is 11.0 Å². The molecule has 0 spiro atoms. The zero-order valence-electron chi connectivity index (χ0n) is 14.6. The molecule has 1 aromatic carbocycles. The molecule has 0 atom stereocenters. The minimum Gasteiger partial charge on any atom is -0.326 e. The molecule has 0 unspecified atom stereocenters.